The quantitative estimate of drug-likeness (QED) is 0.613. The highest BCUT2D eigenvalue weighted by Crippen LogP contribution is 2.53. The highest BCUT2D eigenvalue weighted by atomic mass is 16.5. The molecule has 0 unspecified atom stereocenters. The number of benzene rings is 1. The average molecular weight is 299 g/mol. The number of rotatable bonds is 2. The molecule has 4 rings (SSSR count). The number of amides is 1. The zero-order valence-electron chi connectivity index (χ0n) is 12.5. The first kappa shape index (κ1) is 13.5. The maximum atomic E-state index is 13.0. The van der Waals surface area contributed by atoms with Crippen LogP contribution in [0.4, 0.5) is 5.69 Å². The van der Waals surface area contributed by atoms with E-state index in [1.807, 2.05) is 43.3 Å². The smallest absolute Gasteiger partial charge is 0.312 e. The number of hydrogen-bond donors (Lipinski definition) is 0. The van der Waals surface area contributed by atoms with E-state index in [1.165, 1.54) is 7.11 Å². The summed E-state index contributed by atoms with van der Waals surface area (Å²) in [4.78, 5) is 26.8. The summed E-state index contributed by atoms with van der Waals surface area (Å²) in [5.41, 5.74) is 1.21. The Kier molecular flexibility index (Phi) is 2.72. The number of nitrogens with zero attached hydrogens (tertiary/aromatic N) is 1. The molecule has 2 bridgehead atoms. The second-order valence-electron chi connectivity index (χ2n) is 6.13. The number of anilines is 1. The van der Waals surface area contributed by atoms with Gasteiger partial charge in [-0.25, -0.2) is 0 Å². The van der Waals surface area contributed by atoms with Crippen molar-refractivity contribution in [3.05, 3.63) is 42.0 Å². The molecule has 0 N–H and O–H groups in total. The average Bonchev–Trinajstić information content (AvgIpc) is 3.15. The number of methoxy groups -OCH3 is 1. The Morgan fingerprint density at radius 2 is 2.18 bits per heavy atom. The molecule has 3 aliphatic rings. The molecule has 0 radical (unpaired) electrons. The Labute approximate surface area is 128 Å². The van der Waals surface area contributed by atoms with Crippen LogP contribution in [0.2, 0.25) is 0 Å². The van der Waals surface area contributed by atoms with Gasteiger partial charge >= 0.3 is 5.97 Å². The van der Waals surface area contributed by atoms with Gasteiger partial charge in [0.05, 0.1) is 25.7 Å². The van der Waals surface area contributed by atoms with Crippen molar-refractivity contribution in [1.82, 2.24) is 0 Å². The fourth-order valence-corrected chi connectivity index (χ4v) is 3.97. The molecule has 0 saturated carbocycles. The predicted molar refractivity (Wildman–Crippen MR) is 79.3 cm³/mol. The molecule has 1 amide bonds. The molecule has 0 aliphatic carbocycles. The van der Waals surface area contributed by atoms with Crippen molar-refractivity contribution in [2.24, 2.45) is 11.8 Å². The van der Waals surface area contributed by atoms with E-state index in [-0.39, 0.29) is 18.0 Å². The van der Waals surface area contributed by atoms with Gasteiger partial charge in [-0.3, -0.25) is 9.59 Å². The second kappa shape index (κ2) is 4.43. The summed E-state index contributed by atoms with van der Waals surface area (Å²) in [5.74, 6) is -1.47. The number of carbonyl (C=O) groups excluding carboxylic acids is 2. The number of hydrogen-bond acceptors (Lipinski definition) is 4. The van der Waals surface area contributed by atoms with Crippen molar-refractivity contribution in [3.63, 3.8) is 0 Å². The minimum absolute atomic E-state index is 0.0587. The molecule has 1 spiro atoms. The van der Waals surface area contributed by atoms with E-state index in [9.17, 15) is 9.59 Å². The number of carbonyl (C=O) groups is 2. The molecule has 1 aromatic carbocycles. The summed E-state index contributed by atoms with van der Waals surface area (Å²) >= 11 is 0. The van der Waals surface area contributed by atoms with Crippen LogP contribution in [-0.4, -0.2) is 37.2 Å². The lowest BCUT2D eigenvalue weighted by Gasteiger charge is -2.22. The Balaban J connectivity index is 1.75. The van der Waals surface area contributed by atoms with E-state index in [4.69, 9.17) is 9.47 Å². The van der Waals surface area contributed by atoms with Gasteiger partial charge in [0.2, 0.25) is 5.91 Å². The number of ether oxygens (including phenoxy) is 2. The molecule has 5 heteroatoms. The Morgan fingerprint density at radius 1 is 1.41 bits per heavy atom. The van der Waals surface area contributed by atoms with E-state index >= 15 is 0 Å². The fourth-order valence-electron chi connectivity index (χ4n) is 3.97. The van der Waals surface area contributed by atoms with Crippen LogP contribution < -0.4 is 4.90 Å². The molecule has 3 aliphatic heterocycles. The number of aryl methyl sites for hydroxylation is 1. The standard InChI is InChI=1S/C17H17NO4/c1-10-5-3-4-6-11(10)18-9-17-8-7-12(22-17)13(16(20)21-2)14(17)15(18)19/h3-8,12-14H,9H2,1-2H3/t12-,13-,14+,17-/m1/s1. The number of para-hydroxylation sites is 1. The molecule has 0 aromatic heterocycles. The molecule has 2 saturated heterocycles. The first-order valence-electron chi connectivity index (χ1n) is 7.39. The third-order valence-corrected chi connectivity index (χ3v) is 4.98. The van der Waals surface area contributed by atoms with Gasteiger partial charge in [-0.2, -0.15) is 0 Å². The van der Waals surface area contributed by atoms with Crippen molar-refractivity contribution in [2.75, 3.05) is 18.6 Å². The molecule has 3 heterocycles. The van der Waals surface area contributed by atoms with Gasteiger partial charge in [-0.1, -0.05) is 30.4 Å². The van der Waals surface area contributed by atoms with Crippen LogP contribution in [0, 0.1) is 18.8 Å². The van der Waals surface area contributed by atoms with E-state index in [0.717, 1.165) is 11.3 Å². The maximum Gasteiger partial charge on any atom is 0.312 e. The molecule has 114 valence electrons. The molecule has 4 atom stereocenters. The van der Waals surface area contributed by atoms with Gasteiger partial charge in [-0.05, 0) is 18.6 Å². The highest BCUT2D eigenvalue weighted by Gasteiger charge is 2.67. The van der Waals surface area contributed by atoms with Gasteiger partial charge in [0.15, 0.2) is 0 Å². The van der Waals surface area contributed by atoms with Crippen LogP contribution in [0.15, 0.2) is 36.4 Å². The second-order valence-corrected chi connectivity index (χ2v) is 6.13. The first-order valence-corrected chi connectivity index (χ1v) is 7.39. The summed E-state index contributed by atoms with van der Waals surface area (Å²) in [6.45, 7) is 2.42. The highest BCUT2D eigenvalue weighted by molar-refractivity contribution is 6.03. The van der Waals surface area contributed by atoms with Crippen LogP contribution in [0.3, 0.4) is 0 Å². The molecular weight excluding hydrogens is 282 g/mol. The van der Waals surface area contributed by atoms with Crippen molar-refractivity contribution in [2.45, 2.75) is 18.6 Å². The summed E-state index contributed by atoms with van der Waals surface area (Å²) in [6.07, 6.45) is 3.48. The minimum Gasteiger partial charge on any atom is -0.469 e. The predicted octanol–water partition coefficient (Wildman–Crippen LogP) is 1.45. The number of esters is 1. The lowest BCUT2D eigenvalue weighted by atomic mass is 9.77. The van der Waals surface area contributed by atoms with Crippen LogP contribution in [0.25, 0.3) is 0 Å². The summed E-state index contributed by atoms with van der Waals surface area (Å²) < 4.78 is 10.9. The van der Waals surface area contributed by atoms with Gasteiger partial charge < -0.3 is 14.4 Å². The monoisotopic (exact) mass is 299 g/mol. The zero-order valence-corrected chi connectivity index (χ0v) is 12.5. The lowest BCUT2D eigenvalue weighted by molar-refractivity contribution is -0.149. The van der Waals surface area contributed by atoms with Crippen LogP contribution in [-0.2, 0) is 19.1 Å². The van der Waals surface area contributed by atoms with Crippen molar-refractivity contribution < 1.29 is 19.1 Å². The summed E-state index contributed by atoms with van der Waals surface area (Å²) in [5, 5.41) is 0. The molecule has 1 aromatic rings. The number of fused-ring (bicyclic) bond motifs is 1. The maximum absolute atomic E-state index is 13.0. The van der Waals surface area contributed by atoms with Crippen LogP contribution in [0.5, 0.6) is 0 Å². The van der Waals surface area contributed by atoms with Crippen molar-refractivity contribution >= 4 is 17.6 Å². The van der Waals surface area contributed by atoms with E-state index in [2.05, 4.69) is 0 Å². The SMILES string of the molecule is COC(=O)[C@H]1[C@H]2C(=O)N(c3ccccc3C)C[C@]23C=C[C@H]1O3. The fraction of sp³-hybridized carbons (Fsp3) is 0.412. The Bertz CT molecular complexity index is 698. The van der Waals surface area contributed by atoms with Crippen molar-refractivity contribution in [1.29, 1.82) is 0 Å². The van der Waals surface area contributed by atoms with Crippen LogP contribution >= 0.6 is 0 Å². The van der Waals surface area contributed by atoms with Gasteiger partial charge in [0.1, 0.15) is 11.5 Å². The first-order chi connectivity index (χ1) is 10.6. The van der Waals surface area contributed by atoms with E-state index in [0.29, 0.717) is 6.54 Å². The molecule has 22 heavy (non-hydrogen) atoms. The van der Waals surface area contributed by atoms with Gasteiger partial charge in [0.25, 0.3) is 0 Å². The lowest BCUT2D eigenvalue weighted by Crippen LogP contribution is -2.39. The normalized spacial score (nSPS) is 35.1. The summed E-state index contributed by atoms with van der Waals surface area (Å²) in [7, 11) is 1.35. The largest absolute Gasteiger partial charge is 0.469 e. The van der Waals surface area contributed by atoms with Gasteiger partial charge in [-0.15, -0.1) is 0 Å². The Hall–Kier alpha value is -2.14. The molecule has 5 nitrogen and oxygen atoms in total. The minimum atomic E-state index is -0.692. The molecular formula is C17H17NO4. The van der Waals surface area contributed by atoms with Crippen LogP contribution in [0.1, 0.15) is 5.56 Å². The molecule has 2 fully saturated rings. The Morgan fingerprint density at radius 3 is 2.91 bits per heavy atom. The topological polar surface area (TPSA) is 55.8 Å². The van der Waals surface area contributed by atoms with Crippen molar-refractivity contribution in [3.8, 4) is 0 Å². The third kappa shape index (κ3) is 1.57. The van der Waals surface area contributed by atoms with E-state index < -0.39 is 17.4 Å². The zero-order chi connectivity index (χ0) is 15.5. The van der Waals surface area contributed by atoms with E-state index in [1.54, 1.807) is 4.90 Å². The summed E-state index contributed by atoms with van der Waals surface area (Å²) in [6, 6.07) is 7.75. The van der Waals surface area contributed by atoms with Gasteiger partial charge in [0, 0.05) is 5.69 Å². The third-order valence-electron chi connectivity index (χ3n) is 4.98.